The van der Waals surface area contributed by atoms with Crippen molar-refractivity contribution in [2.45, 2.75) is 12.5 Å². The molecule has 0 aliphatic carbocycles. The van der Waals surface area contributed by atoms with Crippen molar-refractivity contribution in [2.24, 2.45) is 0 Å². The largest absolute Gasteiger partial charge is 0.369 e. The van der Waals surface area contributed by atoms with Gasteiger partial charge in [0.15, 0.2) is 0 Å². The summed E-state index contributed by atoms with van der Waals surface area (Å²) in [5.41, 5.74) is 3.20. The summed E-state index contributed by atoms with van der Waals surface area (Å²) in [7, 11) is 0. The van der Waals surface area contributed by atoms with Crippen molar-refractivity contribution in [3.05, 3.63) is 100 Å². The number of anilines is 1. The Morgan fingerprint density at radius 3 is 2.24 bits per heavy atom. The molecule has 4 rings (SSSR count). The number of piperazine rings is 1. The number of hydrogen-bond donors (Lipinski definition) is 1. The summed E-state index contributed by atoms with van der Waals surface area (Å²) in [5, 5.41) is 12.7. The van der Waals surface area contributed by atoms with Crippen molar-refractivity contribution in [1.82, 2.24) is 10.2 Å². The van der Waals surface area contributed by atoms with Crippen molar-refractivity contribution in [1.29, 1.82) is 5.26 Å². The molecule has 7 heteroatoms. The molecule has 1 atom stereocenters. The van der Waals surface area contributed by atoms with Crippen LogP contribution in [0.2, 0.25) is 5.02 Å². The van der Waals surface area contributed by atoms with Crippen LogP contribution in [0.25, 0.3) is 0 Å². The van der Waals surface area contributed by atoms with E-state index in [2.05, 4.69) is 21.2 Å². The van der Waals surface area contributed by atoms with E-state index in [0.717, 1.165) is 50.4 Å². The molecular weight excluding hydrogens is 451 g/mol. The van der Waals surface area contributed by atoms with Crippen molar-refractivity contribution < 1.29 is 9.18 Å². The molecule has 1 saturated heterocycles. The van der Waals surface area contributed by atoms with Crippen molar-refractivity contribution in [3.63, 3.8) is 0 Å². The predicted molar refractivity (Wildman–Crippen MR) is 132 cm³/mol. The smallest absolute Gasteiger partial charge is 0.251 e. The molecule has 0 saturated carbocycles. The summed E-state index contributed by atoms with van der Waals surface area (Å²) >= 11 is 6.06. The quantitative estimate of drug-likeness (QED) is 0.519. The number of nitriles is 1. The molecule has 1 aliphatic rings. The first-order chi connectivity index (χ1) is 16.5. The van der Waals surface area contributed by atoms with Gasteiger partial charge < -0.3 is 10.2 Å². The van der Waals surface area contributed by atoms with Gasteiger partial charge in [-0.1, -0.05) is 23.7 Å². The summed E-state index contributed by atoms with van der Waals surface area (Å²) < 4.78 is 13.2. The highest BCUT2D eigenvalue weighted by atomic mass is 35.5. The zero-order valence-electron chi connectivity index (χ0n) is 18.8. The molecule has 1 heterocycles. The second kappa shape index (κ2) is 11.1. The second-order valence-electron chi connectivity index (χ2n) is 8.36. The summed E-state index contributed by atoms with van der Waals surface area (Å²) in [5.74, 6) is -0.600. The average molecular weight is 477 g/mol. The Morgan fingerprint density at radius 2 is 1.62 bits per heavy atom. The number of rotatable bonds is 7. The molecule has 3 aromatic carbocycles. The highest BCUT2D eigenvalue weighted by molar-refractivity contribution is 6.30. The van der Waals surface area contributed by atoms with E-state index < -0.39 is 0 Å². The molecule has 0 spiro atoms. The number of amides is 1. The first-order valence-electron chi connectivity index (χ1n) is 11.3. The van der Waals surface area contributed by atoms with E-state index in [1.807, 2.05) is 48.5 Å². The normalized spacial score (nSPS) is 14.9. The van der Waals surface area contributed by atoms with Crippen molar-refractivity contribution in [3.8, 4) is 6.07 Å². The number of carbonyl (C=O) groups is 1. The highest BCUT2D eigenvalue weighted by Crippen LogP contribution is 2.22. The zero-order chi connectivity index (χ0) is 23.9. The second-order valence-corrected chi connectivity index (χ2v) is 8.80. The van der Waals surface area contributed by atoms with Gasteiger partial charge in [0.2, 0.25) is 0 Å². The molecule has 1 N–H and O–H groups in total. The van der Waals surface area contributed by atoms with Gasteiger partial charge in [-0.25, -0.2) is 4.39 Å². The number of benzene rings is 3. The lowest BCUT2D eigenvalue weighted by Crippen LogP contribution is -2.47. The van der Waals surface area contributed by atoms with Gasteiger partial charge in [0.05, 0.1) is 17.7 Å². The number of halogens is 2. The molecule has 3 aromatic rings. The topological polar surface area (TPSA) is 59.4 Å². The third-order valence-electron chi connectivity index (χ3n) is 6.15. The minimum Gasteiger partial charge on any atom is -0.369 e. The maximum absolute atomic E-state index is 13.2. The number of carbonyl (C=O) groups excluding carboxylic acids is 1. The van der Waals surface area contributed by atoms with E-state index in [-0.39, 0.29) is 17.8 Å². The number of nitrogens with one attached hydrogen (secondary N) is 1. The standard InChI is InChI=1S/C27H26ClFN4O/c28-23-7-3-21(4-8-23)26(31-27(34)22-5-9-24(29)10-6-22)13-14-32-15-17-33(18-16-32)25-11-1-20(19-30)2-12-25/h1-12,26H,13-18H2,(H,31,34). The van der Waals surface area contributed by atoms with Crippen LogP contribution in [0, 0.1) is 17.1 Å². The van der Waals surface area contributed by atoms with Crippen LogP contribution in [-0.2, 0) is 0 Å². The van der Waals surface area contributed by atoms with Gasteiger partial charge in [0.1, 0.15) is 5.82 Å². The van der Waals surface area contributed by atoms with Crippen LogP contribution in [0.15, 0.2) is 72.8 Å². The zero-order valence-corrected chi connectivity index (χ0v) is 19.5. The maximum atomic E-state index is 13.2. The molecule has 0 radical (unpaired) electrons. The fraction of sp³-hybridized carbons (Fsp3) is 0.259. The van der Waals surface area contributed by atoms with Crippen LogP contribution in [-0.4, -0.2) is 43.5 Å². The van der Waals surface area contributed by atoms with Gasteiger partial charge in [0, 0.05) is 49.0 Å². The third kappa shape index (κ3) is 6.13. The van der Waals surface area contributed by atoms with Crippen LogP contribution in [0.3, 0.4) is 0 Å². The van der Waals surface area contributed by atoms with E-state index in [1.165, 1.54) is 24.3 Å². The van der Waals surface area contributed by atoms with Gasteiger partial charge in [-0.2, -0.15) is 5.26 Å². The van der Waals surface area contributed by atoms with Crippen LogP contribution in [0.4, 0.5) is 10.1 Å². The highest BCUT2D eigenvalue weighted by Gasteiger charge is 2.21. The van der Waals surface area contributed by atoms with Crippen LogP contribution in [0.1, 0.15) is 33.9 Å². The molecule has 1 amide bonds. The molecule has 0 aromatic heterocycles. The Labute approximate surface area is 204 Å². The minimum absolute atomic E-state index is 0.189. The fourth-order valence-electron chi connectivity index (χ4n) is 4.15. The molecule has 1 unspecified atom stereocenters. The molecule has 1 aliphatic heterocycles. The molecule has 1 fully saturated rings. The Balaban J connectivity index is 1.36. The Morgan fingerprint density at radius 1 is 0.971 bits per heavy atom. The monoisotopic (exact) mass is 476 g/mol. The van der Waals surface area contributed by atoms with Crippen molar-refractivity contribution >= 4 is 23.2 Å². The number of nitrogens with zero attached hydrogens (tertiary/aromatic N) is 3. The van der Waals surface area contributed by atoms with E-state index >= 15 is 0 Å². The molecule has 34 heavy (non-hydrogen) atoms. The van der Waals surface area contributed by atoms with Gasteiger partial charge in [-0.3, -0.25) is 9.69 Å². The lowest BCUT2D eigenvalue weighted by molar-refractivity contribution is 0.0931. The van der Waals surface area contributed by atoms with Gasteiger partial charge in [-0.05, 0) is 72.6 Å². The summed E-state index contributed by atoms with van der Waals surface area (Å²) in [6, 6.07) is 22.7. The van der Waals surface area contributed by atoms with E-state index in [4.69, 9.17) is 16.9 Å². The lowest BCUT2D eigenvalue weighted by Gasteiger charge is -2.36. The van der Waals surface area contributed by atoms with Crippen molar-refractivity contribution in [2.75, 3.05) is 37.6 Å². The molecular formula is C27H26ClFN4O. The van der Waals surface area contributed by atoms with Gasteiger partial charge >= 0.3 is 0 Å². The molecule has 174 valence electrons. The SMILES string of the molecule is N#Cc1ccc(N2CCN(CCC(NC(=O)c3ccc(F)cc3)c3ccc(Cl)cc3)CC2)cc1. The Bertz CT molecular complexity index is 1140. The van der Waals surface area contributed by atoms with Crippen LogP contribution < -0.4 is 10.2 Å². The van der Waals surface area contributed by atoms with Gasteiger partial charge in [0.25, 0.3) is 5.91 Å². The van der Waals surface area contributed by atoms with Crippen LogP contribution in [0.5, 0.6) is 0 Å². The molecule has 5 nitrogen and oxygen atoms in total. The van der Waals surface area contributed by atoms with Gasteiger partial charge in [-0.15, -0.1) is 0 Å². The molecule has 0 bridgehead atoms. The Kier molecular flexibility index (Phi) is 7.79. The third-order valence-corrected chi connectivity index (χ3v) is 6.40. The van der Waals surface area contributed by atoms with E-state index in [9.17, 15) is 9.18 Å². The average Bonchev–Trinajstić information content (AvgIpc) is 2.88. The first kappa shape index (κ1) is 23.7. The van der Waals surface area contributed by atoms with Crippen LogP contribution >= 0.6 is 11.6 Å². The summed E-state index contributed by atoms with van der Waals surface area (Å²) in [4.78, 5) is 17.5. The van der Waals surface area contributed by atoms with E-state index in [0.29, 0.717) is 16.1 Å². The van der Waals surface area contributed by atoms with E-state index in [1.54, 1.807) is 0 Å². The lowest BCUT2D eigenvalue weighted by atomic mass is 10.0. The minimum atomic E-state index is -0.369. The first-order valence-corrected chi connectivity index (χ1v) is 11.7. The predicted octanol–water partition coefficient (Wildman–Crippen LogP) is 5.03. The number of hydrogen-bond acceptors (Lipinski definition) is 4. The Hall–Kier alpha value is -3.40. The summed E-state index contributed by atoms with van der Waals surface area (Å²) in [6.07, 6.45) is 0.742. The fourth-order valence-corrected chi connectivity index (χ4v) is 4.27. The summed E-state index contributed by atoms with van der Waals surface area (Å²) in [6.45, 7) is 4.47. The maximum Gasteiger partial charge on any atom is 0.251 e.